The molecule has 1 unspecified atom stereocenters. The summed E-state index contributed by atoms with van der Waals surface area (Å²) >= 11 is 4.26. The Bertz CT molecular complexity index is 1180. The molecule has 1 aromatic heterocycles. The summed E-state index contributed by atoms with van der Waals surface area (Å²) in [7, 11) is 0. The van der Waals surface area contributed by atoms with Gasteiger partial charge in [0.1, 0.15) is 24.0 Å². The minimum absolute atomic E-state index is 0.0881. The van der Waals surface area contributed by atoms with Crippen molar-refractivity contribution >= 4 is 34.2 Å². The average molecular weight is 504 g/mol. The summed E-state index contributed by atoms with van der Waals surface area (Å²) in [6.07, 6.45) is 4.24. The molecule has 1 atom stereocenters. The van der Waals surface area contributed by atoms with Crippen molar-refractivity contribution in [2.75, 3.05) is 12.3 Å². The first kappa shape index (κ1) is 25.6. The Morgan fingerprint density at radius 2 is 2.06 bits per heavy atom. The van der Waals surface area contributed by atoms with E-state index in [9.17, 15) is 13.2 Å². The second kappa shape index (κ2) is 13.0. The molecular formula is C24H25ClFN4O3S-. The first-order chi connectivity index (χ1) is 16.4. The number of hydrogen-bond donors (Lipinski definition) is 3. The van der Waals surface area contributed by atoms with Gasteiger partial charge in [-0.25, -0.2) is 9.38 Å². The first-order valence-electron chi connectivity index (χ1n) is 10.5. The lowest BCUT2D eigenvalue weighted by molar-refractivity contribution is 0.306. The maximum atomic E-state index is 13.3. The predicted molar refractivity (Wildman–Crippen MR) is 133 cm³/mol. The molecule has 0 radical (unpaired) electrons. The molecule has 3 aromatic rings. The Labute approximate surface area is 205 Å². The van der Waals surface area contributed by atoms with E-state index >= 15 is 0 Å². The van der Waals surface area contributed by atoms with Crippen molar-refractivity contribution in [3.05, 3.63) is 94.5 Å². The molecule has 4 N–H and O–H groups in total. The summed E-state index contributed by atoms with van der Waals surface area (Å²) in [5, 5.41) is 3.44. The van der Waals surface area contributed by atoms with Crippen LogP contribution in [-0.2, 0) is 30.7 Å². The van der Waals surface area contributed by atoms with E-state index < -0.39 is 11.1 Å². The molecule has 0 aliphatic heterocycles. The molecule has 10 heteroatoms. The topological polar surface area (TPSA) is 116 Å². The lowest BCUT2D eigenvalue weighted by atomic mass is 10.2. The SMILES string of the molecule is NC(C=CCc1ccc(CNCCS(=O)[O-])[nH]1)=Nc1ccc(OCc2cccc(F)c2)c(Cl)c1. The van der Waals surface area contributed by atoms with Gasteiger partial charge in [0, 0.05) is 36.7 Å². The van der Waals surface area contributed by atoms with Gasteiger partial charge in [0.15, 0.2) is 0 Å². The fourth-order valence-electron chi connectivity index (χ4n) is 3.05. The van der Waals surface area contributed by atoms with Crippen molar-refractivity contribution in [2.24, 2.45) is 10.7 Å². The zero-order valence-corrected chi connectivity index (χ0v) is 19.9. The van der Waals surface area contributed by atoms with E-state index in [-0.39, 0.29) is 18.2 Å². The summed E-state index contributed by atoms with van der Waals surface area (Å²) in [6.45, 7) is 1.16. The molecule has 0 amide bonds. The normalized spacial score (nSPS) is 12.9. The van der Waals surface area contributed by atoms with E-state index in [4.69, 9.17) is 22.1 Å². The summed E-state index contributed by atoms with van der Waals surface area (Å²) < 4.78 is 40.0. The Morgan fingerprint density at radius 3 is 2.82 bits per heavy atom. The molecule has 3 rings (SSSR count). The zero-order valence-electron chi connectivity index (χ0n) is 18.3. The number of aromatic amines is 1. The second-order valence-electron chi connectivity index (χ2n) is 7.37. The number of rotatable bonds is 12. The minimum atomic E-state index is -2.03. The maximum Gasteiger partial charge on any atom is 0.138 e. The number of halogens is 2. The van der Waals surface area contributed by atoms with Gasteiger partial charge in [-0.15, -0.1) is 0 Å². The number of hydrogen-bond acceptors (Lipinski definition) is 5. The van der Waals surface area contributed by atoms with E-state index in [1.54, 1.807) is 36.4 Å². The van der Waals surface area contributed by atoms with Crippen LogP contribution in [-0.4, -0.2) is 31.9 Å². The van der Waals surface area contributed by atoms with Crippen LogP contribution in [0.5, 0.6) is 5.75 Å². The number of allylic oxidation sites excluding steroid dienone is 1. The van der Waals surface area contributed by atoms with Gasteiger partial charge >= 0.3 is 0 Å². The van der Waals surface area contributed by atoms with Gasteiger partial charge in [-0.1, -0.05) is 40.9 Å². The van der Waals surface area contributed by atoms with Crippen LogP contribution in [0.2, 0.25) is 5.02 Å². The molecule has 0 saturated heterocycles. The van der Waals surface area contributed by atoms with Crippen molar-refractivity contribution in [3.8, 4) is 5.75 Å². The molecule has 180 valence electrons. The van der Waals surface area contributed by atoms with Crippen LogP contribution in [0.4, 0.5) is 10.1 Å². The lowest BCUT2D eigenvalue weighted by Gasteiger charge is -2.09. The average Bonchev–Trinajstić information content (AvgIpc) is 3.24. The van der Waals surface area contributed by atoms with Crippen LogP contribution in [0, 0.1) is 5.82 Å². The second-order valence-corrected chi connectivity index (χ2v) is 8.79. The summed E-state index contributed by atoms with van der Waals surface area (Å²) in [6, 6.07) is 15.2. The van der Waals surface area contributed by atoms with Gasteiger partial charge in [-0.2, -0.15) is 0 Å². The number of aromatic nitrogens is 1. The van der Waals surface area contributed by atoms with Gasteiger partial charge in [-0.3, -0.25) is 4.21 Å². The number of H-pyrrole nitrogens is 1. The Hall–Kier alpha value is -2.98. The molecule has 1 heterocycles. The number of amidine groups is 1. The monoisotopic (exact) mass is 503 g/mol. The maximum absolute atomic E-state index is 13.3. The van der Waals surface area contributed by atoms with E-state index in [1.807, 2.05) is 18.2 Å². The Balaban J connectivity index is 1.49. The molecule has 2 aromatic carbocycles. The molecule has 0 aliphatic carbocycles. The summed E-state index contributed by atoms with van der Waals surface area (Å²) in [5.74, 6) is 0.562. The number of benzene rings is 2. The lowest BCUT2D eigenvalue weighted by Crippen LogP contribution is -2.20. The molecule has 7 nitrogen and oxygen atoms in total. The highest BCUT2D eigenvalue weighted by molar-refractivity contribution is 7.79. The van der Waals surface area contributed by atoms with Crippen molar-refractivity contribution in [2.45, 2.75) is 19.6 Å². The van der Waals surface area contributed by atoms with Crippen LogP contribution in [0.15, 0.2) is 71.7 Å². The van der Waals surface area contributed by atoms with Crippen LogP contribution in [0.3, 0.4) is 0 Å². The quantitative estimate of drug-likeness (QED) is 0.149. The third-order valence-corrected chi connectivity index (χ3v) is 5.48. The molecular weight excluding hydrogens is 479 g/mol. The molecule has 34 heavy (non-hydrogen) atoms. The van der Waals surface area contributed by atoms with E-state index in [0.717, 1.165) is 11.4 Å². The van der Waals surface area contributed by atoms with E-state index in [1.165, 1.54) is 12.1 Å². The van der Waals surface area contributed by atoms with Crippen molar-refractivity contribution in [1.82, 2.24) is 10.3 Å². The third-order valence-electron chi connectivity index (χ3n) is 4.65. The number of nitrogens with one attached hydrogen (secondary N) is 2. The molecule has 0 saturated carbocycles. The summed E-state index contributed by atoms with van der Waals surface area (Å²) in [5.41, 5.74) is 9.25. The van der Waals surface area contributed by atoms with Crippen LogP contribution >= 0.6 is 11.6 Å². The number of aliphatic imine (C=N–C) groups is 1. The van der Waals surface area contributed by atoms with Crippen molar-refractivity contribution in [3.63, 3.8) is 0 Å². The van der Waals surface area contributed by atoms with Gasteiger partial charge in [0.2, 0.25) is 0 Å². The van der Waals surface area contributed by atoms with Crippen LogP contribution < -0.4 is 15.8 Å². The number of ether oxygens (including phenoxy) is 1. The van der Waals surface area contributed by atoms with Crippen LogP contribution in [0.25, 0.3) is 0 Å². The van der Waals surface area contributed by atoms with Crippen molar-refractivity contribution in [1.29, 1.82) is 0 Å². The highest BCUT2D eigenvalue weighted by Gasteiger charge is 2.05. The standard InChI is InChI=1S/C24H26ClFN4O3S/c25-22-14-20(9-10-23(22)33-16-17-3-1-4-18(26)13-17)30-24(27)6-2-5-19-7-8-21(29-19)15-28-11-12-34(31)32/h1-4,6-10,13-14,28-29H,5,11-12,15-16H2,(H2,27,30)(H,31,32)/p-1. The van der Waals surface area contributed by atoms with E-state index in [2.05, 4.69) is 15.3 Å². The fraction of sp³-hybridized carbons (Fsp3) is 0.208. The minimum Gasteiger partial charge on any atom is -0.772 e. The Kier molecular flexibility index (Phi) is 9.84. The Morgan fingerprint density at radius 1 is 1.24 bits per heavy atom. The molecule has 0 bridgehead atoms. The molecule has 0 aliphatic rings. The number of nitrogens with two attached hydrogens (primary N) is 1. The third kappa shape index (κ3) is 8.75. The van der Waals surface area contributed by atoms with Gasteiger partial charge < -0.3 is 25.3 Å². The van der Waals surface area contributed by atoms with Crippen LogP contribution in [0.1, 0.15) is 17.0 Å². The first-order valence-corrected chi connectivity index (χ1v) is 12.1. The highest BCUT2D eigenvalue weighted by atomic mass is 35.5. The van der Waals surface area contributed by atoms with Crippen molar-refractivity contribution < 1.29 is 17.9 Å². The van der Waals surface area contributed by atoms with Gasteiger partial charge in [0.25, 0.3) is 0 Å². The fourth-order valence-corrected chi connectivity index (χ4v) is 3.59. The smallest absolute Gasteiger partial charge is 0.138 e. The molecule has 0 spiro atoms. The number of nitrogens with zero attached hydrogens (tertiary/aromatic N) is 1. The van der Waals surface area contributed by atoms with E-state index in [0.29, 0.717) is 47.4 Å². The van der Waals surface area contributed by atoms with Gasteiger partial charge in [0.05, 0.1) is 10.7 Å². The largest absolute Gasteiger partial charge is 0.772 e. The summed E-state index contributed by atoms with van der Waals surface area (Å²) in [4.78, 5) is 7.60. The predicted octanol–water partition coefficient (Wildman–Crippen LogP) is 4.14. The zero-order chi connectivity index (χ0) is 24.3. The molecule has 0 fully saturated rings. The highest BCUT2D eigenvalue weighted by Crippen LogP contribution is 2.29. The van der Waals surface area contributed by atoms with Gasteiger partial charge in [-0.05, 0) is 54.1 Å².